The van der Waals surface area contributed by atoms with Gasteiger partial charge in [-0.05, 0) is 51.1 Å². The quantitative estimate of drug-likeness (QED) is 0.442. The number of carbonyl (C=O) groups is 1. The summed E-state index contributed by atoms with van der Waals surface area (Å²) in [6.07, 6.45) is 0. The van der Waals surface area contributed by atoms with E-state index in [4.69, 9.17) is 0 Å². The van der Waals surface area contributed by atoms with E-state index in [0.29, 0.717) is 17.3 Å². The Kier molecular flexibility index (Phi) is 5.86. The summed E-state index contributed by atoms with van der Waals surface area (Å²) < 4.78 is 0. The second kappa shape index (κ2) is 8.53. The van der Waals surface area contributed by atoms with Crippen LogP contribution in [0.2, 0.25) is 0 Å². The number of hydrogen-bond acceptors (Lipinski definition) is 8. The molecule has 0 atom stereocenters. The van der Waals surface area contributed by atoms with Gasteiger partial charge in [0.05, 0.1) is 15.4 Å². The lowest BCUT2D eigenvalue weighted by Crippen LogP contribution is -2.13. The van der Waals surface area contributed by atoms with Crippen LogP contribution in [-0.2, 0) is 0 Å². The summed E-state index contributed by atoms with van der Waals surface area (Å²) in [6, 6.07) is 10.5. The van der Waals surface area contributed by atoms with Crippen molar-refractivity contribution in [2.75, 3.05) is 10.6 Å². The van der Waals surface area contributed by atoms with Gasteiger partial charge in [-0.2, -0.15) is 0 Å². The molecule has 31 heavy (non-hydrogen) atoms. The Bertz CT molecular complexity index is 1140. The number of nitro groups is 2. The summed E-state index contributed by atoms with van der Waals surface area (Å²) in [5.41, 5.74) is 1.44. The van der Waals surface area contributed by atoms with Crippen molar-refractivity contribution in [1.82, 2.24) is 9.97 Å². The molecule has 0 saturated carbocycles. The molecule has 2 aromatic carbocycles. The molecule has 0 aliphatic carbocycles. The molecule has 11 heteroatoms. The minimum absolute atomic E-state index is 0.115. The molecule has 0 radical (unpaired) electrons. The van der Waals surface area contributed by atoms with Gasteiger partial charge in [0.15, 0.2) is 0 Å². The third kappa shape index (κ3) is 4.96. The SMILES string of the molecule is Cc1cc(C)nc(Nc2ccc(NC(=O)c3cc([N+](=O)[O-])c(C)c([N+](=O)[O-])c3)cc2)n1. The van der Waals surface area contributed by atoms with Gasteiger partial charge in [0.2, 0.25) is 5.95 Å². The van der Waals surface area contributed by atoms with Crippen molar-refractivity contribution in [3.63, 3.8) is 0 Å². The molecule has 3 aromatic rings. The van der Waals surface area contributed by atoms with E-state index in [9.17, 15) is 25.0 Å². The Morgan fingerprint density at radius 1 is 0.839 bits per heavy atom. The van der Waals surface area contributed by atoms with Crippen LogP contribution in [0.25, 0.3) is 0 Å². The van der Waals surface area contributed by atoms with Crippen LogP contribution in [0.5, 0.6) is 0 Å². The fourth-order valence-corrected chi connectivity index (χ4v) is 2.95. The first-order valence-corrected chi connectivity index (χ1v) is 9.08. The van der Waals surface area contributed by atoms with Gasteiger partial charge in [0, 0.05) is 34.9 Å². The summed E-state index contributed by atoms with van der Waals surface area (Å²) in [5.74, 6) is -0.266. The molecule has 0 aliphatic heterocycles. The molecule has 0 spiro atoms. The molecule has 0 unspecified atom stereocenters. The predicted molar refractivity (Wildman–Crippen MR) is 114 cm³/mol. The van der Waals surface area contributed by atoms with Crippen LogP contribution < -0.4 is 10.6 Å². The maximum atomic E-state index is 12.5. The number of rotatable bonds is 6. The topological polar surface area (TPSA) is 153 Å². The molecule has 1 aromatic heterocycles. The Labute approximate surface area is 176 Å². The molecule has 0 saturated heterocycles. The minimum atomic E-state index is -0.755. The first-order chi connectivity index (χ1) is 14.6. The fourth-order valence-electron chi connectivity index (χ4n) is 2.95. The lowest BCUT2D eigenvalue weighted by Gasteiger charge is -2.09. The Hall–Kier alpha value is -4.41. The first-order valence-electron chi connectivity index (χ1n) is 9.08. The summed E-state index contributed by atoms with van der Waals surface area (Å²) >= 11 is 0. The first kappa shape index (κ1) is 21.3. The number of carbonyl (C=O) groups excluding carboxylic acids is 1. The molecule has 158 valence electrons. The molecule has 0 aliphatic rings. The highest BCUT2D eigenvalue weighted by Crippen LogP contribution is 2.29. The van der Waals surface area contributed by atoms with Crippen molar-refractivity contribution < 1.29 is 14.6 Å². The van der Waals surface area contributed by atoms with Crippen molar-refractivity contribution in [1.29, 1.82) is 0 Å². The van der Waals surface area contributed by atoms with E-state index in [-0.39, 0.29) is 11.1 Å². The lowest BCUT2D eigenvalue weighted by atomic mass is 10.1. The Morgan fingerprint density at radius 3 is 1.81 bits per heavy atom. The van der Waals surface area contributed by atoms with Gasteiger partial charge in [0.1, 0.15) is 5.56 Å². The van der Waals surface area contributed by atoms with Gasteiger partial charge in [-0.3, -0.25) is 25.0 Å². The summed E-state index contributed by atoms with van der Waals surface area (Å²) in [7, 11) is 0. The van der Waals surface area contributed by atoms with Crippen LogP contribution >= 0.6 is 0 Å². The maximum absolute atomic E-state index is 12.5. The van der Waals surface area contributed by atoms with Gasteiger partial charge in [-0.15, -0.1) is 0 Å². The zero-order valence-electron chi connectivity index (χ0n) is 16.9. The standard InChI is InChI=1S/C20H18N6O5/c1-11-8-12(2)22-20(21-11)24-16-6-4-15(5-7-16)23-19(27)14-9-17(25(28)29)13(3)18(10-14)26(30)31/h4-10H,1-3H3,(H,23,27)(H,21,22,24). The van der Waals surface area contributed by atoms with Crippen molar-refractivity contribution in [2.45, 2.75) is 20.8 Å². The van der Waals surface area contributed by atoms with Crippen LogP contribution in [0.3, 0.4) is 0 Å². The lowest BCUT2D eigenvalue weighted by molar-refractivity contribution is -0.395. The molecular weight excluding hydrogens is 404 g/mol. The maximum Gasteiger partial charge on any atom is 0.279 e. The third-order valence-corrected chi connectivity index (χ3v) is 4.39. The van der Waals surface area contributed by atoms with Gasteiger partial charge in [-0.25, -0.2) is 9.97 Å². The molecule has 2 N–H and O–H groups in total. The number of aromatic nitrogens is 2. The minimum Gasteiger partial charge on any atom is -0.324 e. The molecule has 1 amide bonds. The van der Waals surface area contributed by atoms with Crippen molar-refractivity contribution in [2.24, 2.45) is 0 Å². The van der Waals surface area contributed by atoms with E-state index in [0.717, 1.165) is 23.5 Å². The average molecular weight is 422 g/mol. The van der Waals surface area contributed by atoms with E-state index in [2.05, 4.69) is 20.6 Å². The normalized spacial score (nSPS) is 10.4. The monoisotopic (exact) mass is 422 g/mol. The Morgan fingerprint density at radius 2 is 1.32 bits per heavy atom. The number of anilines is 3. The fraction of sp³-hybridized carbons (Fsp3) is 0.150. The van der Waals surface area contributed by atoms with Crippen molar-refractivity contribution in [3.8, 4) is 0 Å². The number of benzene rings is 2. The smallest absolute Gasteiger partial charge is 0.279 e. The number of hydrogen-bond donors (Lipinski definition) is 2. The van der Waals surface area contributed by atoms with Gasteiger partial charge >= 0.3 is 0 Å². The molecule has 0 fully saturated rings. The summed E-state index contributed by atoms with van der Waals surface area (Å²) in [5, 5.41) is 28.0. The number of nitro benzene ring substituents is 2. The van der Waals surface area contributed by atoms with E-state index in [1.165, 1.54) is 6.92 Å². The molecular formula is C20H18N6O5. The highest BCUT2D eigenvalue weighted by Gasteiger charge is 2.25. The summed E-state index contributed by atoms with van der Waals surface area (Å²) in [4.78, 5) is 42.0. The molecule has 11 nitrogen and oxygen atoms in total. The van der Waals surface area contributed by atoms with Gasteiger partial charge in [-0.1, -0.05) is 0 Å². The number of amides is 1. The average Bonchev–Trinajstić information content (AvgIpc) is 2.68. The molecule has 0 bridgehead atoms. The highest BCUT2D eigenvalue weighted by atomic mass is 16.6. The second-order valence-electron chi connectivity index (χ2n) is 6.78. The van der Waals surface area contributed by atoms with Gasteiger partial charge < -0.3 is 10.6 Å². The zero-order chi connectivity index (χ0) is 22.7. The van der Waals surface area contributed by atoms with E-state index in [1.807, 2.05) is 19.9 Å². The highest BCUT2D eigenvalue weighted by molar-refractivity contribution is 6.05. The largest absolute Gasteiger partial charge is 0.324 e. The van der Waals surface area contributed by atoms with Crippen LogP contribution in [-0.4, -0.2) is 25.7 Å². The van der Waals surface area contributed by atoms with Gasteiger partial charge in [0.25, 0.3) is 17.3 Å². The summed E-state index contributed by atoms with van der Waals surface area (Å²) in [6.45, 7) is 4.99. The van der Waals surface area contributed by atoms with E-state index < -0.39 is 27.1 Å². The van der Waals surface area contributed by atoms with E-state index >= 15 is 0 Å². The van der Waals surface area contributed by atoms with Crippen LogP contribution in [0.1, 0.15) is 27.3 Å². The second-order valence-corrected chi connectivity index (χ2v) is 6.78. The van der Waals surface area contributed by atoms with Crippen LogP contribution in [0.15, 0.2) is 42.5 Å². The van der Waals surface area contributed by atoms with E-state index in [1.54, 1.807) is 24.3 Å². The third-order valence-electron chi connectivity index (χ3n) is 4.39. The number of nitrogens with zero attached hydrogens (tertiary/aromatic N) is 4. The van der Waals surface area contributed by atoms with Crippen LogP contribution in [0.4, 0.5) is 28.7 Å². The van der Waals surface area contributed by atoms with Crippen molar-refractivity contribution >= 4 is 34.6 Å². The molecule has 1 heterocycles. The Balaban J connectivity index is 1.79. The van der Waals surface area contributed by atoms with Crippen molar-refractivity contribution in [3.05, 3.63) is 85.2 Å². The predicted octanol–water partition coefficient (Wildman–Crippen LogP) is 4.21. The zero-order valence-corrected chi connectivity index (χ0v) is 16.9. The number of aryl methyl sites for hydroxylation is 2. The van der Waals surface area contributed by atoms with Crippen LogP contribution in [0, 0.1) is 41.0 Å². The molecule has 3 rings (SSSR count). The number of nitrogens with one attached hydrogen (secondary N) is 2.